The smallest absolute Gasteiger partial charge is 0.0378 e. The third-order valence-electron chi connectivity index (χ3n) is 7.75. The molecule has 7 rings (SSSR count). The van der Waals surface area contributed by atoms with Gasteiger partial charge in [-0.05, 0) is 92.5 Å². The minimum absolute atomic E-state index is 1.03. The van der Waals surface area contributed by atoms with E-state index in [4.69, 9.17) is 0 Å². The van der Waals surface area contributed by atoms with E-state index in [2.05, 4.69) is 131 Å². The predicted molar refractivity (Wildman–Crippen MR) is 168 cm³/mol. The van der Waals surface area contributed by atoms with Gasteiger partial charge in [0.15, 0.2) is 0 Å². The van der Waals surface area contributed by atoms with Crippen LogP contribution >= 0.6 is 0 Å². The van der Waals surface area contributed by atoms with Crippen molar-refractivity contribution in [3.05, 3.63) is 145 Å². The summed E-state index contributed by atoms with van der Waals surface area (Å²) in [7, 11) is 0. The predicted octanol–water partition coefficient (Wildman–Crippen LogP) is 10.1. The second kappa shape index (κ2) is 9.91. The zero-order valence-corrected chi connectivity index (χ0v) is 22.6. The maximum atomic E-state index is 4.48. The van der Waals surface area contributed by atoms with Gasteiger partial charge in [0.25, 0.3) is 0 Å². The van der Waals surface area contributed by atoms with Gasteiger partial charge in [-0.15, -0.1) is 0 Å². The Bertz CT molecular complexity index is 1930. The van der Waals surface area contributed by atoms with Crippen LogP contribution in [0.2, 0.25) is 0 Å². The Balaban J connectivity index is 1.40. The van der Waals surface area contributed by atoms with Gasteiger partial charge in [0.1, 0.15) is 0 Å². The molecule has 0 spiro atoms. The molecule has 0 atom stereocenters. The number of nitrogens with zero attached hydrogens (tertiary/aromatic N) is 2. The van der Waals surface area contributed by atoms with Crippen LogP contribution in [0, 0.1) is 13.8 Å². The Kier molecular flexibility index (Phi) is 5.94. The quantitative estimate of drug-likeness (QED) is 0.219. The maximum Gasteiger partial charge on any atom is 0.0378 e. The molecule has 5 aromatic carbocycles. The average Bonchev–Trinajstić information content (AvgIpc) is 3.00. The Morgan fingerprint density at radius 1 is 0.375 bits per heavy atom. The van der Waals surface area contributed by atoms with E-state index in [0.717, 1.165) is 17.0 Å². The zero-order valence-electron chi connectivity index (χ0n) is 22.6. The van der Waals surface area contributed by atoms with Gasteiger partial charge in [-0.25, -0.2) is 0 Å². The lowest BCUT2D eigenvalue weighted by Gasteiger charge is -2.18. The molecule has 2 heterocycles. The summed E-state index contributed by atoms with van der Waals surface area (Å²) >= 11 is 0. The van der Waals surface area contributed by atoms with Crippen molar-refractivity contribution < 1.29 is 0 Å². The zero-order chi connectivity index (χ0) is 27.1. The van der Waals surface area contributed by atoms with Crippen molar-refractivity contribution in [3.8, 4) is 44.5 Å². The first-order valence-electron chi connectivity index (χ1n) is 13.7. The van der Waals surface area contributed by atoms with Crippen molar-refractivity contribution >= 4 is 21.5 Å². The van der Waals surface area contributed by atoms with Gasteiger partial charge < -0.3 is 0 Å². The van der Waals surface area contributed by atoms with E-state index in [1.807, 2.05) is 26.2 Å². The van der Waals surface area contributed by atoms with Gasteiger partial charge in [0.05, 0.1) is 0 Å². The minimum atomic E-state index is 1.03. The summed E-state index contributed by atoms with van der Waals surface area (Å²) in [5.74, 6) is 0. The van der Waals surface area contributed by atoms with Crippen molar-refractivity contribution in [1.29, 1.82) is 0 Å². The molecule has 190 valence electrons. The second-order valence-electron chi connectivity index (χ2n) is 10.4. The molecule has 0 unspecified atom stereocenters. The van der Waals surface area contributed by atoms with Crippen LogP contribution in [0.3, 0.4) is 0 Å². The number of hydrogen-bond acceptors (Lipinski definition) is 2. The summed E-state index contributed by atoms with van der Waals surface area (Å²) in [4.78, 5) is 8.83. The summed E-state index contributed by atoms with van der Waals surface area (Å²) in [5.41, 5.74) is 11.7. The number of aromatic nitrogens is 2. The Morgan fingerprint density at radius 3 is 1.27 bits per heavy atom. The third-order valence-corrected chi connectivity index (χ3v) is 7.75. The highest BCUT2D eigenvalue weighted by Gasteiger charge is 2.16. The molecule has 0 aliphatic rings. The highest BCUT2D eigenvalue weighted by molar-refractivity contribution is 6.21. The average molecular weight is 513 g/mol. The summed E-state index contributed by atoms with van der Waals surface area (Å²) in [6.45, 7) is 4.05. The molecule has 0 aliphatic heterocycles. The first-order chi connectivity index (χ1) is 19.7. The van der Waals surface area contributed by atoms with Gasteiger partial charge in [-0.1, -0.05) is 103 Å². The molecule has 2 nitrogen and oxygen atoms in total. The molecule has 2 heteroatoms. The van der Waals surface area contributed by atoms with Crippen molar-refractivity contribution in [2.45, 2.75) is 13.8 Å². The second-order valence-corrected chi connectivity index (χ2v) is 10.4. The first-order valence-corrected chi connectivity index (χ1v) is 13.7. The van der Waals surface area contributed by atoms with Gasteiger partial charge >= 0.3 is 0 Å². The summed E-state index contributed by atoms with van der Waals surface area (Å²) < 4.78 is 0. The lowest BCUT2D eigenvalue weighted by atomic mass is 9.85. The molecular formula is C38H28N2. The van der Waals surface area contributed by atoms with E-state index < -0.39 is 0 Å². The van der Waals surface area contributed by atoms with E-state index in [1.165, 1.54) is 60.5 Å². The van der Waals surface area contributed by atoms with Gasteiger partial charge in [0.2, 0.25) is 0 Å². The lowest BCUT2D eigenvalue weighted by molar-refractivity contribution is 1.20. The largest absolute Gasteiger partial charge is 0.262 e. The van der Waals surface area contributed by atoms with Crippen LogP contribution in [0.1, 0.15) is 11.4 Å². The fraction of sp³-hybridized carbons (Fsp3) is 0.0526. The number of hydrogen-bond donors (Lipinski definition) is 0. The standard InChI is InChI=1S/C38H28N2/c1-25-11-12-32(24-40-25)28-15-19-30(20-16-28)38-35-9-5-3-7-33(35)37(34-8-4-6-10-36(34)38)29-17-13-27(14-18-29)31-21-22-39-26(2)23-31/h3-24H,1-2H3. The normalized spacial score (nSPS) is 11.2. The molecular weight excluding hydrogens is 484 g/mol. The highest BCUT2D eigenvalue weighted by atomic mass is 14.7. The Labute approximate surface area is 234 Å². The number of aryl methyl sites for hydroxylation is 2. The fourth-order valence-corrected chi connectivity index (χ4v) is 5.77. The topological polar surface area (TPSA) is 25.8 Å². The molecule has 0 saturated carbocycles. The summed E-state index contributed by atoms with van der Waals surface area (Å²) in [5, 5.41) is 5.04. The van der Waals surface area contributed by atoms with Crippen LogP contribution in [0.25, 0.3) is 66.1 Å². The van der Waals surface area contributed by atoms with Gasteiger partial charge in [-0.3, -0.25) is 9.97 Å². The summed E-state index contributed by atoms with van der Waals surface area (Å²) in [6.07, 6.45) is 3.83. The summed E-state index contributed by atoms with van der Waals surface area (Å²) in [6, 6.07) is 43.9. The van der Waals surface area contributed by atoms with Crippen LogP contribution in [0.4, 0.5) is 0 Å². The lowest BCUT2D eigenvalue weighted by Crippen LogP contribution is -1.91. The van der Waals surface area contributed by atoms with Crippen molar-refractivity contribution in [1.82, 2.24) is 9.97 Å². The molecule has 7 aromatic rings. The van der Waals surface area contributed by atoms with E-state index in [9.17, 15) is 0 Å². The Hall–Kier alpha value is -5.08. The molecule has 2 aromatic heterocycles. The van der Waals surface area contributed by atoms with Crippen molar-refractivity contribution in [2.24, 2.45) is 0 Å². The van der Waals surface area contributed by atoms with Gasteiger partial charge in [0, 0.05) is 29.3 Å². The van der Waals surface area contributed by atoms with Crippen molar-refractivity contribution in [2.75, 3.05) is 0 Å². The van der Waals surface area contributed by atoms with Gasteiger partial charge in [-0.2, -0.15) is 0 Å². The van der Waals surface area contributed by atoms with Crippen LogP contribution in [-0.2, 0) is 0 Å². The third kappa shape index (κ3) is 4.24. The monoisotopic (exact) mass is 512 g/mol. The van der Waals surface area contributed by atoms with E-state index in [-0.39, 0.29) is 0 Å². The molecule has 0 fully saturated rings. The number of rotatable bonds is 4. The maximum absolute atomic E-state index is 4.48. The van der Waals surface area contributed by atoms with E-state index >= 15 is 0 Å². The molecule has 0 saturated heterocycles. The molecule has 0 amide bonds. The molecule has 40 heavy (non-hydrogen) atoms. The van der Waals surface area contributed by atoms with E-state index in [1.54, 1.807) is 0 Å². The first kappa shape index (κ1) is 24.0. The van der Waals surface area contributed by atoms with Crippen LogP contribution in [0.5, 0.6) is 0 Å². The van der Waals surface area contributed by atoms with Crippen molar-refractivity contribution in [3.63, 3.8) is 0 Å². The highest BCUT2D eigenvalue weighted by Crippen LogP contribution is 2.44. The van der Waals surface area contributed by atoms with E-state index in [0.29, 0.717) is 0 Å². The van der Waals surface area contributed by atoms with Crippen LogP contribution in [0.15, 0.2) is 134 Å². The van der Waals surface area contributed by atoms with Crippen LogP contribution in [-0.4, -0.2) is 9.97 Å². The molecule has 0 aliphatic carbocycles. The molecule has 0 radical (unpaired) electrons. The minimum Gasteiger partial charge on any atom is -0.262 e. The number of fused-ring (bicyclic) bond motifs is 2. The van der Waals surface area contributed by atoms with Crippen LogP contribution < -0.4 is 0 Å². The SMILES string of the molecule is Cc1ccc(-c2ccc(-c3c4ccccc4c(-c4ccc(-c5ccnc(C)c5)cc4)c4ccccc34)cc2)cn1. The molecule has 0 bridgehead atoms. The molecule has 0 N–H and O–H groups in total. The fourth-order valence-electron chi connectivity index (χ4n) is 5.77. The number of benzene rings is 5. The Morgan fingerprint density at radius 2 is 0.825 bits per heavy atom. The number of pyridine rings is 2.